The van der Waals surface area contributed by atoms with E-state index in [4.69, 9.17) is 9.47 Å². The summed E-state index contributed by atoms with van der Waals surface area (Å²) in [6, 6.07) is 0. The van der Waals surface area contributed by atoms with Crippen LogP contribution in [0.5, 0.6) is 0 Å². The van der Waals surface area contributed by atoms with Gasteiger partial charge in [0.25, 0.3) is 0 Å². The molecule has 1 aromatic heterocycles. The van der Waals surface area contributed by atoms with Crippen molar-refractivity contribution < 1.29 is 19.1 Å². The molecule has 2 heterocycles. The predicted octanol–water partition coefficient (Wildman–Crippen LogP) is 2.42. The van der Waals surface area contributed by atoms with Crippen LogP contribution in [0.25, 0.3) is 0 Å². The third-order valence-corrected chi connectivity index (χ3v) is 4.32. The lowest BCUT2D eigenvalue weighted by atomic mass is 10.0. The van der Waals surface area contributed by atoms with Crippen LogP contribution < -0.4 is 0 Å². The molecule has 0 atom stereocenters. The van der Waals surface area contributed by atoms with Crippen molar-refractivity contribution in [1.29, 1.82) is 0 Å². The number of carbonyl (C=O) groups is 2. The van der Waals surface area contributed by atoms with Gasteiger partial charge in [0, 0.05) is 26.1 Å². The fourth-order valence-corrected chi connectivity index (χ4v) is 3.15. The van der Waals surface area contributed by atoms with Crippen molar-refractivity contribution in [3.8, 4) is 0 Å². The summed E-state index contributed by atoms with van der Waals surface area (Å²) in [5.41, 5.74) is 0.167. The van der Waals surface area contributed by atoms with Crippen molar-refractivity contribution in [1.82, 2.24) is 4.98 Å². The minimum absolute atomic E-state index is 0.140. The minimum Gasteiger partial charge on any atom is -0.461 e. The largest absolute Gasteiger partial charge is 0.461 e. The molecule has 0 N–H and O–H groups in total. The number of nitrogens with zero attached hydrogens (tertiary/aromatic N) is 1. The first-order valence-electron chi connectivity index (χ1n) is 6.40. The number of carbonyl (C=O) groups excluding carboxylic acids is 2. The third-order valence-electron chi connectivity index (χ3n) is 3.00. The second kappa shape index (κ2) is 6.25. The highest BCUT2D eigenvalue weighted by molar-refractivity contribution is 7.14. The summed E-state index contributed by atoms with van der Waals surface area (Å²) < 4.78 is 10.3. The molecule has 2 rings (SSSR count). The summed E-state index contributed by atoms with van der Waals surface area (Å²) in [5, 5.41) is 0.844. The number of Topliss-reactive ketones (excluding diaryl/α,β-unsaturated/α-hetero) is 1. The van der Waals surface area contributed by atoms with E-state index in [-0.39, 0.29) is 24.0 Å². The molecule has 104 valence electrons. The second-order valence-corrected chi connectivity index (χ2v) is 5.42. The van der Waals surface area contributed by atoms with Gasteiger partial charge in [0.2, 0.25) is 0 Å². The average molecular weight is 283 g/mol. The van der Waals surface area contributed by atoms with Crippen molar-refractivity contribution in [2.45, 2.75) is 32.6 Å². The van der Waals surface area contributed by atoms with E-state index in [2.05, 4.69) is 4.98 Å². The van der Waals surface area contributed by atoms with Gasteiger partial charge in [-0.15, -0.1) is 11.3 Å². The molecule has 0 bridgehead atoms. The zero-order chi connectivity index (χ0) is 13.8. The van der Waals surface area contributed by atoms with Gasteiger partial charge in [-0.25, -0.2) is 9.78 Å². The van der Waals surface area contributed by atoms with Gasteiger partial charge in [-0.1, -0.05) is 0 Å². The van der Waals surface area contributed by atoms with Crippen molar-refractivity contribution >= 4 is 23.1 Å². The number of ether oxygens (including phenoxy) is 2. The van der Waals surface area contributed by atoms with Gasteiger partial charge >= 0.3 is 5.97 Å². The molecule has 19 heavy (non-hydrogen) atoms. The fraction of sp³-hybridized carbons (Fsp3) is 0.615. The molecule has 5 nitrogen and oxygen atoms in total. The molecule has 6 heteroatoms. The maximum absolute atomic E-state index is 11.8. The van der Waals surface area contributed by atoms with Gasteiger partial charge in [0.05, 0.1) is 11.6 Å². The molecule has 1 aromatic rings. The molecule has 0 aliphatic carbocycles. The summed E-state index contributed by atoms with van der Waals surface area (Å²) in [6.45, 7) is 4.87. The number of aromatic nitrogens is 1. The maximum atomic E-state index is 11.8. The molecular weight excluding hydrogens is 266 g/mol. The summed E-state index contributed by atoms with van der Waals surface area (Å²) in [7, 11) is 0. The Morgan fingerprint density at radius 2 is 2.11 bits per heavy atom. The summed E-state index contributed by atoms with van der Waals surface area (Å²) in [5.74, 6) is -0.374. The Morgan fingerprint density at radius 3 is 2.68 bits per heavy atom. The maximum Gasteiger partial charge on any atom is 0.358 e. The van der Waals surface area contributed by atoms with E-state index >= 15 is 0 Å². The first kappa shape index (κ1) is 14.1. The van der Waals surface area contributed by atoms with E-state index in [0.717, 1.165) is 17.8 Å². The smallest absolute Gasteiger partial charge is 0.358 e. The zero-order valence-electron chi connectivity index (χ0n) is 11.1. The highest BCUT2D eigenvalue weighted by Crippen LogP contribution is 2.32. The van der Waals surface area contributed by atoms with Crippen molar-refractivity contribution in [3.05, 3.63) is 15.6 Å². The molecule has 0 amide bonds. The van der Waals surface area contributed by atoms with Crippen LogP contribution in [0, 0.1) is 0 Å². The molecule has 0 radical (unpaired) electrons. The van der Waals surface area contributed by atoms with E-state index in [1.165, 1.54) is 18.3 Å². The van der Waals surface area contributed by atoms with Gasteiger partial charge in [-0.05, 0) is 19.8 Å². The van der Waals surface area contributed by atoms with Crippen molar-refractivity contribution in [2.24, 2.45) is 0 Å². The highest BCUT2D eigenvalue weighted by Gasteiger charge is 2.26. The Labute approximate surface area is 115 Å². The number of hydrogen-bond acceptors (Lipinski definition) is 6. The van der Waals surface area contributed by atoms with E-state index in [0.29, 0.717) is 18.1 Å². The molecule has 1 saturated heterocycles. The van der Waals surface area contributed by atoms with E-state index in [1.54, 1.807) is 6.92 Å². The molecule has 0 aromatic carbocycles. The SMILES string of the molecule is CCOC(=O)c1nc(C2CCOCC2)sc1C(C)=O. The first-order chi connectivity index (χ1) is 9.13. The zero-order valence-corrected chi connectivity index (χ0v) is 11.9. The number of esters is 1. The van der Waals surface area contributed by atoms with Crippen molar-refractivity contribution in [2.75, 3.05) is 19.8 Å². The lowest BCUT2D eigenvalue weighted by Crippen LogP contribution is -2.14. The first-order valence-corrected chi connectivity index (χ1v) is 7.21. The van der Waals surface area contributed by atoms with Crippen LogP contribution in [0.4, 0.5) is 0 Å². The Bertz CT molecular complexity index is 477. The molecule has 1 aliphatic rings. The second-order valence-electron chi connectivity index (χ2n) is 4.39. The predicted molar refractivity (Wildman–Crippen MR) is 70.9 cm³/mol. The van der Waals surface area contributed by atoms with Crippen LogP contribution in [-0.2, 0) is 9.47 Å². The average Bonchev–Trinajstić information content (AvgIpc) is 2.85. The monoisotopic (exact) mass is 283 g/mol. The van der Waals surface area contributed by atoms with Gasteiger partial charge in [-0.3, -0.25) is 4.79 Å². The van der Waals surface area contributed by atoms with Crippen LogP contribution >= 0.6 is 11.3 Å². The van der Waals surface area contributed by atoms with Gasteiger partial charge in [-0.2, -0.15) is 0 Å². The Hall–Kier alpha value is -1.27. The molecule has 1 aliphatic heterocycles. The molecular formula is C13H17NO4S. The molecule has 0 unspecified atom stereocenters. The topological polar surface area (TPSA) is 65.5 Å². The summed E-state index contributed by atoms with van der Waals surface area (Å²) in [6.07, 6.45) is 1.76. The highest BCUT2D eigenvalue weighted by atomic mass is 32.1. The normalized spacial score (nSPS) is 16.3. The van der Waals surface area contributed by atoms with Gasteiger partial charge in [0.1, 0.15) is 4.88 Å². The standard InChI is InChI=1S/C13H17NO4S/c1-3-18-13(16)10-11(8(2)15)19-12(14-10)9-4-6-17-7-5-9/h9H,3-7H2,1-2H3. The van der Waals surface area contributed by atoms with Crippen LogP contribution in [0.15, 0.2) is 0 Å². The number of thiazole rings is 1. The summed E-state index contributed by atoms with van der Waals surface area (Å²) >= 11 is 1.31. The molecule has 1 fully saturated rings. The lowest BCUT2D eigenvalue weighted by Gasteiger charge is -2.19. The van der Waals surface area contributed by atoms with Crippen LogP contribution in [0.2, 0.25) is 0 Å². The third kappa shape index (κ3) is 3.19. The van der Waals surface area contributed by atoms with Crippen LogP contribution in [0.1, 0.15) is 57.8 Å². The lowest BCUT2D eigenvalue weighted by molar-refractivity contribution is 0.0516. The van der Waals surface area contributed by atoms with E-state index in [1.807, 2.05) is 0 Å². The quantitative estimate of drug-likeness (QED) is 0.627. The fourth-order valence-electron chi connectivity index (χ4n) is 2.03. The summed E-state index contributed by atoms with van der Waals surface area (Å²) in [4.78, 5) is 28.2. The number of hydrogen-bond donors (Lipinski definition) is 0. The van der Waals surface area contributed by atoms with Gasteiger partial charge < -0.3 is 9.47 Å². The van der Waals surface area contributed by atoms with E-state index < -0.39 is 5.97 Å². The van der Waals surface area contributed by atoms with E-state index in [9.17, 15) is 9.59 Å². The number of ketones is 1. The minimum atomic E-state index is -0.512. The van der Waals surface area contributed by atoms with Crippen LogP contribution in [0.3, 0.4) is 0 Å². The Balaban J connectivity index is 2.28. The van der Waals surface area contributed by atoms with Crippen molar-refractivity contribution in [3.63, 3.8) is 0 Å². The number of rotatable bonds is 4. The van der Waals surface area contributed by atoms with Gasteiger partial charge in [0.15, 0.2) is 11.5 Å². The Morgan fingerprint density at radius 1 is 1.42 bits per heavy atom. The van der Waals surface area contributed by atoms with Crippen LogP contribution in [-0.4, -0.2) is 36.6 Å². The Kier molecular flexibility index (Phi) is 4.66. The molecule has 0 saturated carbocycles. The molecule has 0 spiro atoms.